The van der Waals surface area contributed by atoms with E-state index >= 15 is 0 Å². The molecule has 0 aromatic carbocycles. The minimum Gasteiger partial charge on any atom is -0.481 e. The Hall–Kier alpha value is -3.49. The van der Waals surface area contributed by atoms with Gasteiger partial charge < -0.3 is 15.7 Å². The average molecular weight is 408 g/mol. The van der Waals surface area contributed by atoms with Gasteiger partial charge in [-0.25, -0.2) is 9.50 Å². The van der Waals surface area contributed by atoms with Crippen molar-refractivity contribution in [3.8, 4) is 0 Å². The van der Waals surface area contributed by atoms with Crippen LogP contribution in [-0.4, -0.2) is 43.1 Å². The number of amides is 1. The Balaban J connectivity index is 1.37. The summed E-state index contributed by atoms with van der Waals surface area (Å²) in [4.78, 5) is 32.4. The first-order chi connectivity index (χ1) is 14.6. The lowest BCUT2D eigenvalue weighted by Gasteiger charge is -2.26. The van der Waals surface area contributed by atoms with Gasteiger partial charge in [0.2, 0.25) is 0 Å². The molecular weight excluding hydrogens is 384 g/mol. The SMILES string of the molecule is O=C(NC[C@H]1CC[C@H](C(=O)O)CC1)c1cnn2ccc(NCc3cccnc3)nc12. The van der Waals surface area contributed by atoms with Crippen LogP contribution in [0.5, 0.6) is 0 Å². The highest BCUT2D eigenvalue weighted by atomic mass is 16.4. The Morgan fingerprint density at radius 3 is 2.73 bits per heavy atom. The van der Waals surface area contributed by atoms with Gasteiger partial charge in [-0.05, 0) is 49.3 Å². The molecule has 0 radical (unpaired) electrons. The van der Waals surface area contributed by atoms with Gasteiger partial charge in [0.05, 0.1) is 12.1 Å². The molecule has 0 unspecified atom stereocenters. The van der Waals surface area contributed by atoms with E-state index in [0.29, 0.717) is 48.9 Å². The molecule has 1 amide bonds. The van der Waals surface area contributed by atoms with Crippen LogP contribution >= 0.6 is 0 Å². The largest absolute Gasteiger partial charge is 0.481 e. The summed E-state index contributed by atoms with van der Waals surface area (Å²) in [5.41, 5.74) is 1.93. The van der Waals surface area contributed by atoms with E-state index in [1.807, 2.05) is 12.1 Å². The topological polar surface area (TPSA) is 122 Å². The summed E-state index contributed by atoms with van der Waals surface area (Å²) < 4.78 is 1.57. The molecule has 0 atom stereocenters. The van der Waals surface area contributed by atoms with Gasteiger partial charge >= 0.3 is 5.97 Å². The molecule has 1 aliphatic rings. The number of aromatic nitrogens is 4. The predicted molar refractivity (Wildman–Crippen MR) is 110 cm³/mol. The van der Waals surface area contributed by atoms with Crippen LogP contribution in [-0.2, 0) is 11.3 Å². The second-order valence-electron chi connectivity index (χ2n) is 7.62. The average Bonchev–Trinajstić information content (AvgIpc) is 3.20. The van der Waals surface area contributed by atoms with E-state index < -0.39 is 5.97 Å². The lowest BCUT2D eigenvalue weighted by atomic mass is 9.82. The van der Waals surface area contributed by atoms with Gasteiger partial charge in [0.25, 0.3) is 5.91 Å². The number of anilines is 1. The third kappa shape index (κ3) is 4.56. The summed E-state index contributed by atoms with van der Waals surface area (Å²) in [5.74, 6) is -0.243. The van der Waals surface area contributed by atoms with Crippen LogP contribution in [0.25, 0.3) is 5.65 Å². The van der Waals surface area contributed by atoms with Crippen molar-refractivity contribution in [3.63, 3.8) is 0 Å². The molecule has 3 N–H and O–H groups in total. The zero-order chi connectivity index (χ0) is 20.9. The molecule has 1 fully saturated rings. The van der Waals surface area contributed by atoms with Crippen LogP contribution in [0.3, 0.4) is 0 Å². The molecule has 30 heavy (non-hydrogen) atoms. The minimum absolute atomic E-state index is 0.220. The standard InChI is InChI=1S/C21H24N6O3/c28-20(24-11-14-3-5-16(6-4-14)21(29)30)17-13-25-27-9-7-18(26-19(17)27)23-12-15-2-1-8-22-10-15/h1-2,7-10,13-14,16H,3-6,11-12H2,(H,23,26)(H,24,28)(H,29,30)/t14-,16-. The van der Waals surface area contributed by atoms with Gasteiger partial charge in [0, 0.05) is 31.7 Å². The van der Waals surface area contributed by atoms with Crippen molar-refractivity contribution in [2.24, 2.45) is 11.8 Å². The molecule has 0 saturated heterocycles. The number of pyridine rings is 1. The van der Waals surface area contributed by atoms with E-state index in [2.05, 4.69) is 25.7 Å². The molecule has 156 valence electrons. The van der Waals surface area contributed by atoms with E-state index in [4.69, 9.17) is 5.11 Å². The van der Waals surface area contributed by atoms with Crippen LogP contribution in [0.4, 0.5) is 5.82 Å². The van der Waals surface area contributed by atoms with Gasteiger partial charge in [-0.15, -0.1) is 0 Å². The zero-order valence-corrected chi connectivity index (χ0v) is 16.5. The number of carbonyl (C=O) groups is 2. The molecule has 3 heterocycles. The molecule has 3 aromatic rings. The quantitative estimate of drug-likeness (QED) is 0.549. The summed E-state index contributed by atoms with van der Waals surface area (Å²) in [6.07, 6.45) is 9.75. The molecule has 4 rings (SSSR count). The second kappa shape index (κ2) is 8.89. The number of carbonyl (C=O) groups excluding carboxylic acids is 1. The number of fused-ring (bicyclic) bond motifs is 1. The van der Waals surface area contributed by atoms with Crippen molar-refractivity contribution in [2.45, 2.75) is 32.2 Å². The van der Waals surface area contributed by atoms with E-state index in [9.17, 15) is 9.59 Å². The second-order valence-corrected chi connectivity index (χ2v) is 7.62. The van der Waals surface area contributed by atoms with Crippen LogP contribution in [0, 0.1) is 11.8 Å². The smallest absolute Gasteiger partial charge is 0.306 e. The molecule has 1 aliphatic carbocycles. The fourth-order valence-electron chi connectivity index (χ4n) is 3.77. The van der Waals surface area contributed by atoms with Gasteiger partial charge in [-0.3, -0.25) is 14.6 Å². The molecule has 9 heteroatoms. The first kappa shape index (κ1) is 19.8. The summed E-state index contributed by atoms with van der Waals surface area (Å²) in [6.45, 7) is 1.10. The fourth-order valence-corrected chi connectivity index (χ4v) is 3.77. The maximum Gasteiger partial charge on any atom is 0.306 e. The van der Waals surface area contributed by atoms with Crippen molar-refractivity contribution in [1.82, 2.24) is 24.9 Å². The fraction of sp³-hybridized carbons (Fsp3) is 0.381. The normalized spacial score (nSPS) is 18.8. The zero-order valence-electron chi connectivity index (χ0n) is 16.5. The highest BCUT2D eigenvalue weighted by Crippen LogP contribution is 2.28. The number of nitrogens with one attached hydrogen (secondary N) is 2. The highest BCUT2D eigenvalue weighted by Gasteiger charge is 2.26. The van der Waals surface area contributed by atoms with Crippen molar-refractivity contribution < 1.29 is 14.7 Å². The van der Waals surface area contributed by atoms with Crippen molar-refractivity contribution in [3.05, 3.63) is 54.1 Å². The van der Waals surface area contributed by atoms with Crippen molar-refractivity contribution in [2.75, 3.05) is 11.9 Å². The number of aliphatic carboxylic acids is 1. The van der Waals surface area contributed by atoms with E-state index in [-0.39, 0.29) is 11.8 Å². The van der Waals surface area contributed by atoms with Crippen LogP contribution in [0.1, 0.15) is 41.6 Å². The molecule has 9 nitrogen and oxygen atoms in total. The Labute approximate surface area is 173 Å². The lowest BCUT2D eigenvalue weighted by Crippen LogP contribution is -2.32. The Kier molecular flexibility index (Phi) is 5.87. The Morgan fingerprint density at radius 2 is 2.00 bits per heavy atom. The number of hydrogen-bond acceptors (Lipinski definition) is 6. The molecule has 0 spiro atoms. The summed E-state index contributed by atoms with van der Waals surface area (Å²) in [5, 5.41) is 19.5. The molecule has 1 saturated carbocycles. The highest BCUT2D eigenvalue weighted by molar-refractivity contribution is 5.99. The van der Waals surface area contributed by atoms with Crippen LogP contribution in [0.15, 0.2) is 43.0 Å². The molecular formula is C21H24N6O3. The minimum atomic E-state index is -0.720. The lowest BCUT2D eigenvalue weighted by molar-refractivity contribution is -0.143. The third-order valence-electron chi connectivity index (χ3n) is 5.56. The maximum atomic E-state index is 12.7. The van der Waals surface area contributed by atoms with E-state index in [1.165, 1.54) is 6.20 Å². The number of hydrogen-bond donors (Lipinski definition) is 3. The van der Waals surface area contributed by atoms with Gasteiger partial charge in [0.1, 0.15) is 11.4 Å². The number of rotatable bonds is 7. The van der Waals surface area contributed by atoms with Crippen molar-refractivity contribution >= 4 is 23.3 Å². The Bertz CT molecular complexity index is 1030. The van der Waals surface area contributed by atoms with E-state index in [0.717, 1.165) is 18.4 Å². The van der Waals surface area contributed by atoms with Gasteiger partial charge in [-0.2, -0.15) is 5.10 Å². The molecule has 0 bridgehead atoms. The number of carboxylic acids is 1. The summed E-state index contributed by atoms with van der Waals surface area (Å²) in [7, 11) is 0. The molecule has 3 aromatic heterocycles. The summed E-state index contributed by atoms with van der Waals surface area (Å²) in [6, 6.07) is 5.65. The van der Waals surface area contributed by atoms with Gasteiger partial charge in [0.15, 0.2) is 5.65 Å². The van der Waals surface area contributed by atoms with Gasteiger partial charge in [-0.1, -0.05) is 6.07 Å². The molecule has 0 aliphatic heterocycles. The van der Waals surface area contributed by atoms with Crippen molar-refractivity contribution in [1.29, 1.82) is 0 Å². The monoisotopic (exact) mass is 408 g/mol. The number of carboxylic acid groups (broad SMARTS) is 1. The van der Waals surface area contributed by atoms with Crippen LogP contribution < -0.4 is 10.6 Å². The Morgan fingerprint density at radius 1 is 1.17 bits per heavy atom. The first-order valence-corrected chi connectivity index (χ1v) is 10.1. The maximum absolute atomic E-state index is 12.7. The first-order valence-electron chi connectivity index (χ1n) is 10.1. The summed E-state index contributed by atoms with van der Waals surface area (Å²) >= 11 is 0. The van der Waals surface area contributed by atoms with E-state index in [1.54, 1.807) is 29.2 Å². The predicted octanol–water partition coefficient (Wildman–Crippen LogP) is 2.36. The third-order valence-corrected chi connectivity index (χ3v) is 5.56. The van der Waals surface area contributed by atoms with Crippen LogP contribution in [0.2, 0.25) is 0 Å². The number of nitrogens with zero attached hydrogens (tertiary/aromatic N) is 4.